The molecule has 1 saturated heterocycles. The van der Waals surface area contributed by atoms with Crippen LogP contribution < -0.4 is 5.32 Å². The quantitative estimate of drug-likeness (QED) is 0.741. The lowest BCUT2D eigenvalue weighted by molar-refractivity contribution is -0.119. The van der Waals surface area contributed by atoms with Gasteiger partial charge in [0, 0.05) is 37.5 Å². The molecule has 0 aliphatic carbocycles. The average molecular weight is 376 g/mol. The molecular weight excluding hydrogens is 352 g/mol. The van der Waals surface area contributed by atoms with E-state index in [1.807, 2.05) is 30.3 Å². The van der Waals surface area contributed by atoms with Crippen LogP contribution in [0.15, 0.2) is 59.0 Å². The van der Waals surface area contributed by atoms with Crippen LogP contribution in [0.25, 0.3) is 11.5 Å². The van der Waals surface area contributed by atoms with Crippen molar-refractivity contribution in [3.63, 3.8) is 0 Å². The number of nitrogens with zero attached hydrogens (tertiary/aromatic N) is 3. The normalized spacial score (nSPS) is 19.6. The molecule has 0 spiro atoms. The molecule has 6 nitrogen and oxygen atoms in total. The van der Waals surface area contributed by atoms with Gasteiger partial charge in [0.15, 0.2) is 0 Å². The lowest BCUT2D eigenvalue weighted by Crippen LogP contribution is -2.38. The summed E-state index contributed by atoms with van der Waals surface area (Å²) in [5, 5.41) is 11.5. The molecule has 0 saturated carbocycles. The van der Waals surface area contributed by atoms with E-state index in [0.29, 0.717) is 18.3 Å². The van der Waals surface area contributed by atoms with Crippen LogP contribution in [-0.4, -0.2) is 40.1 Å². The lowest BCUT2D eigenvalue weighted by Gasteiger charge is -2.19. The third-order valence-electron chi connectivity index (χ3n) is 5.14. The van der Waals surface area contributed by atoms with E-state index in [1.165, 1.54) is 11.1 Å². The molecule has 3 aromatic rings. The van der Waals surface area contributed by atoms with E-state index in [2.05, 4.69) is 51.6 Å². The van der Waals surface area contributed by atoms with Crippen molar-refractivity contribution in [3.8, 4) is 11.5 Å². The minimum absolute atomic E-state index is 0.00637. The fraction of sp³-hybridized carbons (Fsp3) is 0.318. The van der Waals surface area contributed by atoms with Crippen molar-refractivity contribution < 1.29 is 9.21 Å². The van der Waals surface area contributed by atoms with Crippen LogP contribution in [0.3, 0.4) is 0 Å². The lowest BCUT2D eigenvalue weighted by atomic mass is 9.93. The highest BCUT2D eigenvalue weighted by Crippen LogP contribution is 2.29. The number of carbonyl (C=O) groups is 1. The summed E-state index contributed by atoms with van der Waals surface area (Å²) in [6, 6.07) is 18.4. The van der Waals surface area contributed by atoms with E-state index in [4.69, 9.17) is 4.42 Å². The number of nitrogens with one attached hydrogen (secondary N) is 1. The van der Waals surface area contributed by atoms with E-state index in [1.54, 1.807) is 6.92 Å². The number of rotatable bonds is 5. The molecule has 2 atom stereocenters. The van der Waals surface area contributed by atoms with E-state index in [-0.39, 0.29) is 17.9 Å². The molecule has 28 heavy (non-hydrogen) atoms. The summed E-state index contributed by atoms with van der Waals surface area (Å²) in [6.45, 7) is 5.80. The highest BCUT2D eigenvalue weighted by molar-refractivity contribution is 5.73. The summed E-state index contributed by atoms with van der Waals surface area (Å²) in [4.78, 5) is 13.9. The molecule has 1 amide bonds. The molecule has 144 valence electrons. The Morgan fingerprint density at radius 1 is 1.11 bits per heavy atom. The largest absolute Gasteiger partial charge is 0.419 e. The van der Waals surface area contributed by atoms with Crippen molar-refractivity contribution in [1.82, 2.24) is 20.4 Å². The van der Waals surface area contributed by atoms with Gasteiger partial charge in [0.05, 0.1) is 6.54 Å². The zero-order valence-electron chi connectivity index (χ0n) is 16.1. The van der Waals surface area contributed by atoms with Gasteiger partial charge in [-0.15, -0.1) is 10.2 Å². The summed E-state index contributed by atoms with van der Waals surface area (Å²) in [7, 11) is 0. The number of hydrogen-bond acceptors (Lipinski definition) is 5. The number of likely N-dealkylation sites (tertiary alicyclic amines) is 1. The van der Waals surface area contributed by atoms with Gasteiger partial charge >= 0.3 is 0 Å². The number of carbonyl (C=O) groups excluding carboxylic acids is 1. The van der Waals surface area contributed by atoms with Gasteiger partial charge in [-0.2, -0.15) is 0 Å². The first kappa shape index (κ1) is 18.4. The predicted molar refractivity (Wildman–Crippen MR) is 107 cm³/mol. The van der Waals surface area contributed by atoms with Crippen molar-refractivity contribution in [3.05, 3.63) is 71.6 Å². The topological polar surface area (TPSA) is 71.3 Å². The van der Waals surface area contributed by atoms with Gasteiger partial charge in [-0.1, -0.05) is 48.0 Å². The molecule has 4 rings (SSSR count). The van der Waals surface area contributed by atoms with Gasteiger partial charge in [-0.3, -0.25) is 9.69 Å². The van der Waals surface area contributed by atoms with Crippen molar-refractivity contribution in [1.29, 1.82) is 0 Å². The molecule has 2 aromatic carbocycles. The van der Waals surface area contributed by atoms with Gasteiger partial charge < -0.3 is 9.73 Å². The molecular formula is C22H24N4O2. The first-order valence-electron chi connectivity index (χ1n) is 9.52. The number of hydrogen-bond donors (Lipinski definition) is 1. The van der Waals surface area contributed by atoms with Crippen LogP contribution in [0.1, 0.15) is 29.9 Å². The minimum atomic E-state index is -0.00637. The Morgan fingerprint density at radius 2 is 1.86 bits per heavy atom. The maximum Gasteiger partial charge on any atom is 0.247 e. The maximum atomic E-state index is 11.7. The van der Waals surface area contributed by atoms with Gasteiger partial charge in [0.1, 0.15) is 0 Å². The van der Waals surface area contributed by atoms with Gasteiger partial charge in [0.25, 0.3) is 0 Å². The van der Waals surface area contributed by atoms with E-state index in [0.717, 1.165) is 18.7 Å². The Balaban J connectivity index is 1.49. The summed E-state index contributed by atoms with van der Waals surface area (Å²) < 4.78 is 5.85. The number of aryl methyl sites for hydroxylation is 1. The van der Waals surface area contributed by atoms with Crippen LogP contribution in [0, 0.1) is 6.92 Å². The highest BCUT2D eigenvalue weighted by atomic mass is 16.4. The number of benzene rings is 2. The van der Waals surface area contributed by atoms with Crippen LogP contribution >= 0.6 is 0 Å². The fourth-order valence-corrected chi connectivity index (χ4v) is 3.78. The summed E-state index contributed by atoms with van der Waals surface area (Å²) >= 11 is 0. The molecule has 2 heterocycles. The molecule has 1 aromatic heterocycles. The monoisotopic (exact) mass is 376 g/mol. The van der Waals surface area contributed by atoms with Gasteiger partial charge in [-0.05, 0) is 24.6 Å². The van der Waals surface area contributed by atoms with Crippen LogP contribution in [-0.2, 0) is 11.3 Å². The molecule has 0 unspecified atom stereocenters. The van der Waals surface area contributed by atoms with Crippen molar-refractivity contribution in [2.75, 3.05) is 13.1 Å². The molecule has 1 fully saturated rings. The Kier molecular flexibility index (Phi) is 5.21. The van der Waals surface area contributed by atoms with Crippen LogP contribution in [0.4, 0.5) is 0 Å². The molecule has 1 aliphatic rings. The number of aromatic nitrogens is 2. The second kappa shape index (κ2) is 7.94. The summed E-state index contributed by atoms with van der Waals surface area (Å²) in [5.74, 6) is 1.35. The molecule has 1 N–H and O–H groups in total. The molecule has 0 bridgehead atoms. The Labute approximate surface area is 164 Å². The summed E-state index contributed by atoms with van der Waals surface area (Å²) in [6.07, 6.45) is 0. The second-order valence-corrected chi connectivity index (χ2v) is 7.39. The Bertz CT molecular complexity index is 937. The van der Waals surface area contributed by atoms with Crippen LogP contribution in [0.5, 0.6) is 0 Å². The third kappa shape index (κ3) is 4.12. The first-order chi connectivity index (χ1) is 13.6. The number of amides is 1. The third-order valence-corrected chi connectivity index (χ3v) is 5.14. The Morgan fingerprint density at radius 3 is 2.57 bits per heavy atom. The van der Waals surface area contributed by atoms with Crippen molar-refractivity contribution in [2.45, 2.75) is 32.4 Å². The Hall–Kier alpha value is -2.99. The van der Waals surface area contributed by atoms with Gasteiger partial charge in [0.2, 0.25) is 17.7 Å². The highest BCUT2D eigenvalue weighted by Gasteiger charge is 2.35. The average Bonchev–Trinajstić information content (AvgIpc) is 3.30. The van der Waals surface area contributed by atoms with Gasteiger partial charge in [-0.25, -0.2) is 0 Å². The smallest absolute Gasteiger partial charge is 0.247 e. The van der Waals surface area contributed by atoms with E-state index < -0.39 is 0 Å². The second-order valence-electron chi connectivity index (χ2n) is 7.39. The van der Waals surface area contributed by atoms with E-state index in [9.17, 15) is 4.79 Å². The standard InChI is InChI=1S/C22H24N4O2/c1-15-8-10-17(11-9-15)19-12-26(13-20(19)23-16(2)27)14-21-24-25-22(28-21)18-6-4-3-5-7-18/h3-11,19-20H,12-14H2,1-2H3,(H,23,27)/t19-,20+/m0/s1. The maximum absolute atomic E-state index is 11.7. The SMILES string of the molecule is CC(=O)N[C@@H]1CN(Cc2nnc(-c3ccccc3)o2)C[C@H]1c1ccc(C)cc1. The zero-order valence-corrected chi connectivity index (χ0v) is 16.1. The molecule has 1 aliphatic heterocycles. The zero-order chi connectivity index (χ0) is 19.5. The van der Waals surface area contributed by atoms with Crippen molar-refractivity contribution >= 4 is 5.91 Å². The molecule has 6 heteroatoms. The van der Waals surface area contributed by atoms with Crippen LogP contribution in [0.2, 0.25) is 0 Å². The predicted octanol–water partition coefficient (Wildman–Crippen LogP) is 3.15. The summed E-state index contributed by atoms with van der Waals surface area (Å²) in [5.41, 5.74) is 3.38. The first-order valence-corrected chi connectivity index (χ1v) is 9.52. The van der Waals surface area contributed by atoms with E-state index >= 15 is 0 Å². The minimum Gasteiger partial charge on any atom is -0.419 e. The fourth-order valence-electron chi connectivity index (χ4n) is 3.78. The van der Waals surface area contributed by atoms with Crippen molar-refractivity contribution in [2.24, 2.45) is 0 Å². The molecule has 0 radical (unpaired) electrons.